The van der Waals surface area contributed by atoms with Gasteiger partial charge in [-0.15, -0.1) is 21.5 Å². The van der Waals surface area contributed by atoms with Crippen LogP contribution in [0.15, 0.2) is 58.5 Å². The van der Waals surface area contributed by atoms with Gasteiger partial charge in [0.1, 0.15) is 4.83 Å². The number of rotatable bonds is 4. The molecule has 0 radical (unpaired) electrons. The van der Waals surface area contributed by atoms with E-state index in [-0.39, 0.29) is 5.56 Å². The SMILES string of the molecule is Cc1ccc(-n2c(=O)c3c4c(sc3n3c(SCc5ccccc5Cl)nnc23)CCCC4)cc1. The van der Waals surface area contributed by atoms with Crippen LogP contribution < -0.4 is 5.56 Å². The van der Waals surface area contributed by atoms with Crippen molar-refractivity contribution in [3.63, 3.8) is 0 Å². The highest BCUT2D eigenvalue weighted by Gasteiger charge is 2.25. The molecule has 2 aromatic carbocycles. The van der Waals surface area contributed by atoms with Gasteiger partial charge in [-0.3, -0.25) is 4.79 Å². The molecule has 1 aliphatic carbocycles. The van der Waals surface area contributed by atoms with E-state index in [2.05, 4.69) is 14.6 Å². The average Bonchev–Trinajstić information content (AvgIpc) is 3.41. The maximum atomic E-state index is 13.9. The molecule has 0 spiro atoms. The van der Waals surface area contributed by atoms with Crippen molar-refractivity contribution in [3.05, 3.63) is 85.5 Å². The second-order valence-electron chi connectivity index (χ2n) is 8.37. The zero-order chi connectivity index (χ0) is 22.5. The van der Waals surface area contributed by atoms with Crippen LogP contribution in [0.25, 0.3) is 21.7 Å². The zero-order valence-electron chi connectivity index (χ0n) is 18.0. The van der Waals surface area contributed by atoms with E-state index in [1.807, 2.05) is 55.5 Å². The van der Waals surface area contributed by atoms with E-state index in [9.17, 15) is 4.79 Å². The van der Waals surface area contributed by atoms with Gasteiger partial charge in [0.05, 0.1) is 11.1 Å². The first-order valence-corrected chi connectivity index (χ1v) is 13.2. The molecule has 0 fully saturated rings. The molecule has 0 saturated carbocycles. The first kappa shape index (κ1) is 21.0. The molecular formula is C25H21ClN4OS2. The number of hydrogen-bond acceptors (Lipinski definition) is 5. The monoisotopic (exact) mass is 492 g/mol. The van der Waals surface area contributed by atoms with Crippen LogP contribution in [0.4, 0.5) is 0 Å². The number of nitrogens with zero attached hydrogens (tertiary/aromatic N) is 4. The fraction of sp³-hybridized carbons (Fsp3) is 0.240. The number of fused-ring (bicyclic) bond motifs is 5. The Kier molecular flexibility index (Phi) is 5.28. The van der Waals surface area contributed by atoms with Gasteiger partial charge in [0.25, 0.3) is 5.56 Å². The summed E-state index contributed by atoms with van der Waals surface area (Å²) in [6.45, 7) is 2.04. The molecule has 0 amide bonds. The summed E-state index contributed by atoms with van der Waals surface area (Å²) >= 11 is 9.70. The van der Waals surface area contributed by atoms with Crippen LogP contribution >= 0.6 is 34.7 Å². The smallest absolute Gasteiger partial charge is 0.268 e. The van der Waals surface area contributed by atoms with Crippen molar-refractivity contribution >= 4 is 50.7 Å². The normalized spacial score (nSPS) is 13.6. The molecule has 3 heterocycles. The van der Waals surface area contributed by atoms with Crippen LogP contribution in [-0.2, 0) is 18.6 Å². The summed E-state index contributed by atoms with van der Waals surface area (Å²) in [4.78, 5) is 16.1. The summed E-state index contributed by atoms with van der Waals surface area (Å²) in [7, 11) is 0. The Balaban J connectivity index is 1.60. The van der Waals surface area contributed by atoms with Crippen LogP contribution in [0.3, 0.4) is 0 Å². The predicted molar refractivity (Wildman–Crippen MR) is 136 cm³/mol. The number of benzene rings is 2. The summed E-state index contributed by atoms with van der Waals surface area (Å²) in [5.74, 6) is 1.23. The predicted octanol–water partition coefficient (Wildman–Crippen LogP) is 6.23. The molecule has 0 saturated heterocycles. The maximum Gasteiger partial charge on any atom is 0.268 e. The minimum absolute atomic E-state index is 0.00388. The Morgan fingerprint density at radius 1 is 1.06 bits per heavy atom. The highest BCUT2D eigenvalue weighted by Crippen LogP contribution is 2.37. The van der Waals surface area contributed by atoms with Crippen molar-refractivity contribution < 1.29 is 0 Å². The Morgan fingerprint density at radius 2 is 1.85 bits per heavy atom. The van der Waals surface area contributed by atoms with Gasteiger partial charge in [0, 0.05) is 15.7 Å². The van der Waals surface area contributed by atoms with E-state index >= 15 is 0 Å². The number of hydrogen-bond donors (Lipinski definition) is 0. The molecule has 5 nitrogen and oxygen atoms in total. The largest absolute Gasteiger partial charge is 0.268 e. The van der Waals surface area contributed by atoms with Gasteiger partial charge in [-0.2, -0.15) is 0 Å². The third kappa shape index (κ3) is 3.50. The van der Waals surface area contributed by atoms with Crippen molar-refractivity contribution in [3.8, 4) is 5.69 Å². The zero-order valence-corrected chi connectivity index (χ0v) is 20.4. The standard InChI is InChI=1S/C25H21ClN4OS2/c1-15-10-12-17(13-11-15)29-22(31)21-18-7-3-5-9-20(18)33-23(21)30-24(29)27-28-25(30)32-14-16-6-2-4-8-19(16)26/h2,4,6,8,10-13H,3,5,7,9,14H2,1H3. The van der Waals surface area contributed by atoms with Gasteiger partial charge in [0.15, 0.2) is 5.16 Å². The molecule has 8 heteroatoms. The molecule has 0 N–H and O–H groups in total. The lowest BCUT2D eigenvalue weighted by atomic mass is 9.97. The van der Waals surface area contributed by atoms with Crippen LogP contribution in [0.5, 0.6) is 0 Å². The molecule has 6 rings (SSSR count). The highest BCUT2D eigenvalue weighted by atomic mass is 35.5. The molecule has 0 aliphatic heterocycles. The topological polar surface area (TPSA) is 52.2 Å². The van der Waals surface area contributed by atoms with E-state index in [0.29, 0.717) is 11.5 Å². The quantitative estimate of drug-likeness (QED) is 0.279. The second kappa shape index (κ2) is 8.31. The van der Waals surface area contributed by atoms with Crippen molar-refractivity contribution in [1.29, 1.82) is 0 Å². The summed E-state index contributed by atoms with van der Waals surface area (Å²) in [6.07, 6.45) is 4.28. The van der Waals surface area contributed by atoms with Gasteiger partial charge in [0.2, 0.25) is 5.78 Å². The summed E-state index contributed by atoms with van der Waals surface area (Å²) in [5, 5.41) is 11.4. The molecule has 0 unspecified atom stereocenters. The van der Waals surface area contributed by atoms with Crippen LogP contribution in [0.1, 0.15) is 34.4 Å². The first-order chi connectivity index (χ1) is 16.1. The molecule has 3 aromatic heterocycles. The summed E-state index contributed by atoms with van der Waals surface area (Å²) < 4.78 is 3.79. The third-order valence-electron chi connectivity index (χ3n) is 6.20. The molecular weight excluding hydrogens is 472 g/mol. The lowest BCUT2D eigenvalue weighted by molar-refractivity contribution is 0.699. The molecule has 0 atom stereocenters. The van der Waals surface area contributed by atoms with Gasteiger partial charge < -0.3 is 0 Å². The average molecular weight is 493 g/mol. The Hall–Kier alpha value is -2.61. The highest BCUT2D eigenvalue weighted by molar-refractivity contribution is 7.98. The Bertz CT molecular complexity index is 1570. The number of halogens is 1. The molecule has 5 aromatic rings. The molecule has 33 heavy (non-hydrogen) atoms. The van der Waals surface area contributed by atoms with E-state index < -0.39 is 0 Å². The van der Waals surface area contributed by atoms with E-state index in [0.717, 1.165) is 56.5 Å². The third-order valence-corrected chi connectivity index (χ3v) is 8.82. The van der Waals surface area contributed by atoms with Crippen LogP contribution in [-0.4, -0.2) is 19.2 Å². The maximum absolute atomic E-state index is 13.9. The fourth-order valence-corrected chi connectivity index (χ4v) is 7.15. The van der Waals surface area contributed by atoms with Crippen LogP contribution in [0.2, 0.25) is 5.02 Å². The number of thioether (sulfide) groups is 1. The van der Waals surface area contributed by atoms with Crippen LogP contribution in [0, 0.1) is 6.92 Å². The van der Waals surface area contributed by atoms with Gasteiger partial charge in [-0.25, -0.2) is 8.97 Å². The van der Waals surface area contributed by atoms with Gasteiger partial charge in [-0.05, 0) is 61.9 Å². The van der Waals surface area contributed by atoms with E-state index in [1.165, 1.54) is 16.9 Å². The van der Waals surface area contributed by atoms with Crippen molar-refractivity contribution in [1.82, 2.24) is 19.2 Å². The lowest BCUT2D eigenvalue weighted by Gasteiger charge is -2.12. The van der Waals surface area contributed by atoms with Gasteiger partial charge >= 0.3 is 0 Å². The van der Waals surface area contributed by atoms with Crippen molar-refractivity contribution in [2.45, 2.75) is 43.5 Å². The van der Waals surface area contributed by atoms with Gasteiger partial charge in [-0.1, -0.05) is 59.3 Å². The van der Waals surface area contributed by atoms with Crippen molar-refractivity contribution in [2.75, 3.05) is 0 Å². The second-order valence-corrected chi connectivity index (χ2v) is 10.8. The molecule has 0 bridgehead atoms. The summed E-state index contributed by atoms with van der Waals surface area (Å²) in [5.41, 5.74) is 4.22. The minimum Gasteiger partial charge on any atom is -0.268 e. The number of thiophene rings is 1. The minimum atomic E-state index is -0.00388. The summed E-state index contributed by atoms with van der Waals surface area (Å²) in [6, 6.07) is 15.9. The number of aryl methyl sites for hydroxylation is 3. The fourth-order valence-electron chi connectivity index (χ4n) is 4.49. The Morgan fingerprint density at radius 3 is 2.67 bits per heavy atom. The lowest BCUT2D eigenvalue weighted by Crippen LogP contribution is -2.22. The number of aromatic nitrogens is 4. The van der Waals surface area contributed by atoms with E-state index in [1.54, 1.807) is 27.7 Å². The van der Waals surface area contributed by atoms with E-state index in [4.69, 9.17) is 11.6 Å². The van der Waals surface area contributed by atoms with Crippen molar-refractivity contribution in [2.24, 2.45) is 0 Å². The first-order valence-electron chi connectivity index (χ1n) is 11.0. The Labute approximate surface area is 204 Å². The molecule has 166 valence electrons. The molecule has 1 aliphatic rings.